The van der Waals surface area contributed by atoms with Crippen molar-refractivity contribution in [3.05, 3.63) is 88.9 Å². The van der Waals surface area contributed by atoms with Gasteiger partial charge in [0.05, 0.1) is 30.1 Å². The van der Waals surface area contributed by atoms with Crippen LogP contribution >= 0.6 is 0 Å². The molecule has 140 valence electrons. The van der Waals surface area contributed by atoms with Crippen LogP contribution in [0.1, 0.15) is 50.6 Å². The number of hydrogen-bond donors (Lipinski definition) is 2. The summed E-state index contributed by atoms with van der Waals surface area (Å²) >= 11 is 0. The molecule has 0 radical (unpaired) electrons. The standard InChI is InChI=1S/C22H18N2O4/c1-13(18-10-5-11-28-18)23-12-19(25)24-17-9-4-8-16-20(17)22(27)15-7-3-2-6-14(15)21(16)26/h2-11,13,23H,12H2,1H3,(H,24,25)/t13-/m1/s1. The summed E-state index contributed by atoms with van der Waals surface area (Å²) in [5.41, 5.74) is 1.61. The van der Waals surface area contributed by atoms with Gasteiger partial charge in [0.25, 0.3) is 0 Å². The zero-order valence-corrected chi connectivity index (χ0v) is 15.2. The van der Waals surface area contributed by atoms with Gasteiger partial charge in [-0.2, -0.15) is 0 Å². The number of hydrogen-bond acceptors (Lipinski definition) is 5. The van der Waals surface area contributed by atoms with E-state index in [1.165, 1.54) is 0 Å². The lowest BCUT2D eigenvalue weighted by atomic mass is 9.83. The van der Waals surface area contributed by atoms with Gasteiger partial charge >= 0.3 is 0 Å². The van der Waals surface area contributed by atoms with Gasteiger partial charge in [-0.3, -0.25) is 19.7 Å². The van der Waals surface area contributed by atoms with Crippen molar-refractivity contribution < 1.29 is 18.8 Å². The Labute approximate surface area is 161 Å². The third-order valence-electron chi connectivity index (χ3n) is 4.77. The molecule has 2 aromatic carbocycles. The second-order valence-corrected chi connectivity index (χ2v) is 6.60. The molecule has 0 spiro atoms. The van der Waals surface area contributed by atoms with Gasteiger partial charge in [-0.15, -0.1) is 0 Å². The second kappa shape index (κ2) is 7.25. The van der Waals surface area contributed by atoms with Crippen LogP contribution in [0.5, 0.6) is 0 Å². The fourth-order valence-electron chi connectivity index (χ4n) is 3.33. The van der Waals surface area contributed by atoms with Crippen LogP contribution in [0.2, 0.25) is 0 Å². The first-order valence-electron chi connectivity index (χ1n) is 8.94. The van der Waals surface area contributed by atoms with E-state index in [0.29, 0.717) is 22.4 Å². The van der Waals surface area contributed by atoms with Gasteiger partial charge in [-0.1, -0.05) is 36.4 Å². The van der Waals surface area contributed by atoms with Crippen molar-refractivity contribution in [2.75, 3.05) is 11.9 Å². The van der Waals surface area contributed by atoms with E-state index in [-0.39, 0.29) is 35.6 Å². The van der Waals surface area contributed by atoms with Crippen molar-refractivity contribution in [1.29, 1.82) is 0 Å². The molecular formula is C22H18N2O4. The average molecular weight is 374 g/mol. The van der Waals surface area contributed by atoms with Gasteiger partial charge in [0.2, 0.25) is 5.91 Å². The third kappa shape index (κ3) is 3.14. The summed E-state index contributed by atoms with van der Waals surface area (Å²) in [7, 11) is 0. The van der Waals surface area contributed by atoms with E-state index in [1.807, 2.05) is 13.0 Å². The van der Waals surface area contributed by atoms with E-state index >= 15 is 0 Å². The summed E-state index contributed by atoms with van der Waals surface area (Å²) in [4.78, 5) is 38.1. The molecule has 0 fully saturated rings. The number of amides is 1. The zero-order valence-electron chi connectivity index (χ0n) is 15.2. The third-order valence-corrected chi connectivity index (χ3v) is 4.77. The van der Waals surface area contributed by atoms with E-state index in [9.17, 15) is 14.4 Å². The van der Waals surface area contributed by atoms with Crippen LogP contribution in [0.4, 0.5) is 5.69 Å². The van der Waals surface area contributed by atoms with Crippen LogP contribution in [0.15, 0.2) is 65.3 Å². The summed E-state index contributed by atoms with van der Waals surface area (Å²) in [5.74, 6) is -0.0722. The maximum absolute atomic E-state index is 12.9. The summed E-state index contributed by atoms with van der Waals surface area (Å²) in [6.45, 7) is 1.92. The molecule has 1 aliphatic carbocycles. The number of carbonyl (C=O) groups excluding carboxylic acids is 3. The number of rotatable bonds is 5. The number of fused-ring (bicyclic) bond motifs is 2. The van der Waals surface area contributed by atoms with E-state index < -0.39 is 0 Å². The first-order valence-corrected chi connectivity index (χ1v) is 8.94. The Hall–Kier alpha value is -3.51. The molecule has 2 N–H and O–H groups in total. The lowest BCUT2D eigenvalue weighted by Gasteiger charge is -2.20. The molecule has 1 aliphatic rings. The maximum Gasteiger partial charge on any atom is 0.238 e. The number of anilines is 1. The van der Waals surface area contributed by atoms with Crippen LogP contribution in [0.3, 0.4) is 0 Å². The van der Waals surface area contributed by atoms with Gasteiger partial charge in [-0.25, -0.2) is 0 Å². The molecule has 0 aliphatic heterocycles. The van der Waals surface area contributed by atoms with Gasteiger partial charge in [0.15, 0.2) is 11.6 Å². The Balaban J connectivity index is 1.54. The summed E-state index contributed by atoms with van der Waals surface area (Å²) in [6, 6.07) is 15.1. The molecule has 1 aromatic heterocycles. The quantitative estimate of drug-likeness (QED) is 0.559. The molecular weight excluding hydrogens is 356 g/mol. The van der Waals surface area contributed by atoms with Gasteiger partial charge in [0.1, 0.15) is 5.76 Å². The van der Waals surface area contributed by atoms with Crippen molar-refractivity contribution >= 4 is 23.2 Å². The van der Waals surface area contributed by atoms with Gasteiger partial charge in [-0.05, 0) is 25.1 Å². The Morgan fingerprint density at radius 3 is 2.36 bits per heavy atom. The van der Waals surface area contributed by atoms with E-state index in [2.05, 4.69) is 10.6 Å². The van der Waals surface area contributed by atoms with Crippen LogP contribution in [0, 0.1) is 0 Å². The van der Waals surface area contributed by atoms with Crippen molar-refractivity contribution in [2.45, 2.75) is 13.0 Å². The lowest BCUT2D eigenvalue weighted by molar-refractivity contribution is -0.115. The molecule has 1 amide bonds. The van der Waals surface area contributed by atoms with Crippen molar-refractivity contribution in [1.82, 2.24) is 5.32 Å². The molecule has 6 nitrogen and oxygen atoms in total. The molecule has 6 heteroatoms. The Morgan fingerprint density at radius 2 is 1.64 bits per heavy atom. The molecule has 3 aromatic rings. The van der Waals surface area contributed by atoms with E-state index in [0.717, 1.165) is 5.76 Å². The predicted octanol–water partition coefficient (Wildman–Crippen LogP) is 3.34. The molecule has 0 saturated heterocycles. The fraction of sp³-hybridized carbons (Fsp3) is 0.136. The van der Waals surface area contributed by atoms with E-state index in [1.54, 1.807) is 54.8 Å². The predicted molar refractivity (Wildman–Crippen MR) is 104 cm³/mol. The number of furan rings is 1. The number of carbonyl (C=O) groups is 3. The summed E-state index contributed by atoms with van der Waals surface area (Å²) < 4.78 is 5.30. The molecule has 0 saturated carbocycles. The van der Waals surface area contributed by atoms with Crippen LogP contribution in [0.25, 0.3) is 0 Å². The first kappa shape index (κ1) is 17.9. The summed E-state index contributed by atoms with van der Waals surface area (Å²) in [5, 5.41) is 5.81. The number of nitrogens with one attached hydrogen (secondary N) is 2. The highest BCUT2D eigenvalue weighted by Crippen LogP contribution is 2.31. The smallest absolute Gasteiger partial charge is 0.238 e. The molecule has 4 rings (SSSR count). The lowest BCUT2D eigenvalue weighted by Crippen LogP contribution is -2.31. The highest BCUT2D eigenvalue weighted by atomic mass is 16.3. The minimum absolute atomic E-state index is 0.0320. The zero-order chi connectivity index (χ0) is 19.7. The fourth-order valence-corrected chi connectivity index (χ4v) is 3.33. The molecule has 1 atom stereocenters. The summed E-state index contributed by atoms with van der Waals surface area (Å²) in [6.07, 6.45) is 1.57. The van der Waals surface area contributed by atoms with Crippen molar-refractivity contribution in [3.63, 3.8) is 0 Å². The average Bonchev–Trinajstić information content (AvgIpc) is 3.25. The van der Waals surface area contributed by atoms with Crippen molar-refractivity contribution in [3.8, 4) is 0 Å². The number of benzene rings is 2. The van der Waals surface area contributed by atoms with Crippen LogP contribution in [-0.2, 0) is 4.79 Å². The Morgan fingerprint density at radius 1 is 0.929 bits per heavy atom. The maximum atomic E-state index is 12.9. The van der Waals surface area contributed by atoms with Crippen molar-refractivity contribution in [2.24, 2.45) is 0 Å². The highest BCUT2D eigenvalue weighted by Gasteiger charge is 2.31. The topological polar surface area (TPSA) is 88.4 Å². The first-order chi connectivity index (χ1) is 13.6. The minimum Gasteiger partial charge on any atom is -0.468 e. The molecule has 0 bridgehead atoms. The molecule has 1 heterocycles. The SMILES string of the molecule is C[C@@H](NCC(=O)Nc1cccc2c1C(=O)c1ccccc1C2=O)c1ccco1. The molecule has 28 heavy (non-hydrogen) atoms. The Bertz CT molecular complexity index is 1070. The molecule has 0 unspecified atom stereocenters. The van der Waals surface area contributed by atoms with Gasteiger partial charge in [0, 0.05) is 16.7 Å². The Kier molecular flexibility index (Phi) is 4.63. The monoisotopic (exact) mass is 374 g/mol. The normalized spacial score (nSPS) is 13.6. The minimum atomic E-state index is -0.314. The van der Waals surface area contributed by atoms with Crippen LogP contribution < -0.4 is 10.6 Å². The van der Waals surface area contributed by atoms with Crippen LogP contribution in [-0.4, -0.2) is 24.0 Å². The largest absolute Gasteiger partial charge is 0.468 e. The van der Waals surface area contributed by atoms with E-state index in [4.69, 9.17) is 4.42 Å². The van der Waals surface area contributed by atoms with Gasteiger partial charge < -0.3 is 9.73 Å². The second-order valence-electron chi connectivity index (χ2n) is 6.60. The number of ketones is 2. The highest BCUT2D eigenvalue weighted by molar-refractivity contribution is 6.30.